The van der Waals surface area contributed by atoms with Gasteiger partial charge < -0.3 is 24.3 Å². The molecule has 1 aromatic heterocycles. The molecule has 5 heterocycles. The summed E-state index contributed by atoms with van der Waals surface area (Å²) in [4.78, 5) is 80.8. The Hall–Kier alpha value is -4.75. The maximum atomic E-state index is 13.2. The fraction of sp³-hybridized carbons (Fsp3) is 0.500. The Morgan fingerprint density at radius 1 is 0.818 bits per heavy atom. The third-order valence-electron chi connectivity index (χ3n) is 8.29. The smallest absolute Gasteiger partial charge is 0.410 e. The summed E-state index contributed by atoms with van der Waals surface area (Å²) in [6, 6.07) is 6.17. The van der Waals surface area contributed by atoms with Crippen molar-refractivity contribution < 1.29 is 28.7 Å². The van der Waals surface area contributed by atoms with Gasteiger partial charge in [-0.3, -0.25) is 29.4 Å². The number of imide groups is 2. The van der Waals surface area contributed by atoms with Gasteiger partial charge in [0.2, 0.25) is 11.8 Å². The second kappa shape index (κ2) is 11.4. The fourth-order valence-corrected chi connectivity index (χ4v) is 5.98. The van der Waals surface area contributed by atoms with Gasteiger partial charge in [0.15, 0.2) is 0 Å². The summed E-state index contributed by atoms with van der Waals surface area (Å²) in [7, 11) is 0. The van der Waals surface area contributed by atoms with Crippen molar-refractivity contribution in [1.29, 1.82) is 0 Å². The monoisotopic (exact) mass is 604 g/mol. The van der Waals surface area contributed by atoms with Gasteiger partial charge in [0.25, 0.3) is 11.8 Å². The third-order valence-corrected chi connectivity index (χ3v) is 8.29. The van der Waals surface area contributed by atoms with Crippen LogP contribution in [0.1, 0.15) is 54.3 Å². The highest BCUT2D eigenvalue weighted by Gasteiger charge is 2.44. The molecule has 2 aromatic rings. The van der Waals surface area contributed by atoms with Crippen molar-refractivity contribution in [2.45, 2.75) is 45.3 Å². The molecule has 1 N–H and O–H groups in total. The number of nitrogens with zero attached hydrogens (tertiary/aromatic N) is 7. The number of amides is 5. The van der Waals surface area contributed by atoms with E-state index in [4.69, 9.17) is 4.74 Å². The lowest BCUT2D eigenvalue weighted by molar-refractivity contribution is -0.136. The van der Waals surface area contributed by atoms with Crippen LogP contribution in [0.25, 0.3) is 0 Å². The number of piperidine rings is 1. The molecule has 44 heavy (non-hydrogen) atoms. The van der Waals surface area contributed by atoms with Crippen LogP contribution in [0.15, 0.2) is 30.6 Å². The predicted molar refractivity (Wildman–Crippen MR) is 160 cm³/mol. The highest BCUT2D eigenvalue weighted by molar-refractivity contribution is 6.23. The van der Waals surface area contributed by atoms with Crippen molar-refractivity contribution in [2.75, 3.05) is 67.1 Å². The van der Waals surface area contributed by atoms with E-state index in [-0.39, 0.29) is 30.1 Å². The normalized spacial score (nSPS) is 21.1. The van der Waals surface area contributed by atoms with Crippen LogP contribution in [0.4, 0.5) is 22.1 Å². The molecule has 0 bridgehead atoms. The van der Waals surface area contributed by atoms with E-state index in [1.807, 2.05) is 32.9 Å². The van der Waals surface area contributed by atoms with Gasteiger partial charge in [-0.2, -0.15) is 0 Å². The molecular weight excluding hydrogens is 568 g/mol. The van der Waals surface area contributed by atoms with Crippen molar-refractivity contribution in [1.82, 2.24) is 25.1 Å². The second-order valence-corrected chi connectivity index (χ2v) is 12.3. The zero-order valence-corrected chi connectivity index (χ0v) is 25.1. The molecule has 6 rings (SSSR count). The van der Waals surface area contributed by atoms with E-state index >= 15 is 0 Å². The van der Waals surface area contributed by atoms with E-state index in [2.05, 4.69) is 30.0 Å². The number of anilines is 3. The fourth-order valence-electron chi connectivity index (χ4n) is 5.98. The van der Waals surface area contributed by atoms with Crippen LogP contribution in [0.3, 0.4) is 0 Å². The minimum atomic E-state index is -0.987. The maximum absolute atomic E-state index is 13.2. The number of benzene rings is 1. The molecule has 3 saturated heterocycles. The topological polar surface area (TPSA) is 149 Å². The largest absolute Gasteiger partial charge is 0.444 e. The Labute approximate surface area is 254 Å². The Balaban J connectivity index is 1.06. The molecule has 0 saturated carbocycles. The number of nitrogens with one attached hydrogen (secondary N) is 1. The molecule has 232 valence electrons. The van der Waals surface area contributed by atoms with Gasteiger partial charge in [-0.15, -0.1) is 0 Å². The molecule has 1 aromatic carbocycles. The average Bonchev–Trinajstić information content (AvgIpc) is 3.25. The third kappa shape index (κ3) is 5.75. The molecule has 5 amide bonds. The number of aromatic nitrogens is 2. The van der Waals surface area contributed by atoms with E-state index in [1.54, 1.807) is 23.4 Å². The van der Waals surface area contributed by atoms with E-state index in [9.17, 15) is 24.0 Å². The summed E-state index contributed by atoms with van der Waals surface area (Å²) in [6.45, 7) is 10.7. The molecule has 3 fully saturated rings. The molecule has 14 heteroatoms. The minimum Gasteiger partial charge on any atom is -0.444 e. The maximum Gasteiger partial charge on any atom is 0.410 e. The van der Waals surface area contributed by atoms with E-state index < -0.39 is 35.3 Å². The van der Waals surface area contributed by atoms with Crippen molar-refractivity contribution >= 4 is 47.0 Å². The minimum absolute atomic E-state index is 0.0813. The molecule has 4 aliphatic rings. The lowest BCUT2D eigenvalue weighted by Crippen LogP contribution is -2.54. The lowest BCUT2D eigenvalue weighted by atomic mass is 10.0. The Morgan fingerprint density at radius 3 is 2.02 bits per heavy atom. The Bertz CT molecular complexity index is 1510. The number of carbonyl (C=O) groups excluding carboxylic acids is 5. The van der Waals surface area contributed by atoms with Gasteiger partial charge in [-0.1, -0.05) is 0 Å². The van der Waals surface area contributed by atoms with Gasteiger partial charge in [0.1, 0.15) is 29.6 Å². The molecule has 4 aliphatic heterocycles. The van der Waals surface area contributed by atoms with Crippen LogP contribution in [-0.4, -0.2) is 113 Å². The van der Waals surface area contributed by atoms with Crippen molar-refractivity contribution in [2.24, 2.45) is 0 Å². The van der Waals surface area contributed by atoms with Gasteiger partial charge in [0, 0.05) is 70.5 Å². The first-order valence-corrected chi connectivity index (χ1v) is 14.9. The predicted octanol–water partition coefficient (Wildman–Crippen LogP) is 1.26. The van der Waals surface area contributed by atoms with Crippen molar-refractivity contribution in [3.05, 3.63) is 41.7 Å². The first kappa shape index (κ1) is 29.3. The quantitative estimate of drug-likeness (QED) is 0.503. The summed E-state index contributed by atoms with van der Waals surface area (Å²) in [6.07, 6.45) is 1.47. The van der Waals surface area contributed by atoms with E-state index in [0.29, 0.717) is 52.4 Å². The Morgan fingerprint density at radius 2 is 1.41 bits per heavy atom. The van der Waals surface area contributed by atoms with Crippen LogP contribution < -0.4 is 20.0 Å². The Kier molecular flexibility index (Phi) is 7.59. The van der Waals surface area contributed by atoms with E-state index in [1.165, 1.54) is 0 Å². The first-order chi connectivity index (χ1) is 21.0. The van der Waals surface area contributed by atoms with Crippen molar-refractivity contribution in [3.63, 3.8) is 0 Å². The number of ether oxygens (including phenoxy) is 1. The molecule has 0 radical (unpaired) electrons. The number of fused-ring (bicyclic) bond motifs is 1. The van der Waals surface area contributed by atoms with Gasteiger partial charge >= 0.3 is 6.09 Å². The average molecular weight is 605 g/mol. The van der Waals surface area contributed by atoms with Gasteiger partial charge in [-0.25, -0.2) is 14.8 Å². The standard InChI is InChI=1S/C30H36N8O6/c1-30(2,3)44-29(43)37-14-12-36(13-15-37)24-17-23(31-18-32-24)35-10-8-34(9-11-35)19-4-5-20-21(16-19)28(42)38(27(20)41)22-6-7-25(39)33-26(22)40/h4-5,16-18,22H,6-15H2,1-3H3,(H,33,39,40). The SMILES string of the molecule is CC(C)(C)OC(=O)N1CCN(c2cc(N3CCN(c4ccc5c(c4)C(=O)N(C4CCC(=O)NC4=O)C5=O)CC3)ncn2)CC1. The molecule has 1 unspecified atom stereocenters. The highest BCUT2D eigenvalue weighted by Crippen LogP contribution is 2.31. The van der Waals surface area contributed by atoms with Crippen LogP contribution in [0.5, 0.6) is 0 Å². The van der Waals surface area contributed by atoms with E-state index in [0.717, 1.165) is 22.2 Å². The molecular formula is C30H36N8O6. The zero-order valence-electron chi connectivity index (χ0n) is 25.1. The number of carbonyl (C=O) groups is 5. The van der Waals surface area contributed by atoms with Crippen LogP contribution in [-0.2, 0) is 14.3 Å². The molecule has 0 spiro atoms. The van der Waals surface area contributed by atoms with Crippen molar-refractivity contribution in [3.8, 4) is 0 Å². The number of rotatable bonds is 4. The molecule has 0 aliphatic carbocycles. The summed E-state index contributed by atoms with van der Waals surface area (Å²) < 4.78 is 5.50. The van der Waals surface area contributed by atoms with Crippen LogP contribution in [0.2, 0.25) is 0 Å². The van der Waals surface area contributed by atoms with Gasteiger partial charge in [0.05, 0.1) is 11.1 Å². The zero-order chi connectivity index (χ0) is 31.2. The number of piperazine rings is 2. The summed E-state index contributed by atoms with van der Waals surface area (Å²) >= 11 is 0. The summed E-state index contributed by atoms with van der Waals surface area (Å²) in [5.74, 6) is -0.423. The second-order valence-electron chi connectivity index (χ2n) is 12.3. The van der Waals surface area contributed by atoms with Crippen LogP contribution in [0, 0.1) is 0 Å². The number of hydrogen-bond acceptors (Lipinski definition) is 11. The van der Waals surface area contributed by atoms with Gasteiger partial charge in [-0.05, 0) is 45.4 Å². The lowest BCUT2D eigenvalue weighted by Gasteiger charge is -2.38. The molecule has 1 atom stereocenters. The first-order valence-electron chi connectivity index (χ1n) is 14.9. The van der Waals surface area contributed by atoms with Crippen LogP contribution >= 0.6 is 0 Å². The summed E-state index contributed by atoms with van der Waals surface area (Å²) in [5.41, 5.74) is 0.825. The summed E-state index contributed by atoms with van der Waals surface area (Å²) in [5, 5.41) is 2.22. The molecule has 14 nitrogen and oxygen atoms in total. The number of hydrogen-bond donors (Lipinski definition) is 1. The highest BCUT2D eigenvalue weighted by atomic mass is 16.6.